The van der Waals surface area contributed by atoms with Crippen LogP contribution >= 0.6 is 0 Å². The molecule has 0 spiro atoms. The molecule has 0 aliphatic heterocycles. The number of rotatable bonds is 7. The van der Waals surface area contributed by atoms with Crippen LogP contribution in [0.3, 0.4) is 0 Å². The predicted octanol–water partition coefficient (Wildman–Crippen LogP) is 4.69. The van der Waals surface area contributed by atoms with Crippen LogP contribution < -0.4 is 5.32 Å². The molecule has 8 heteroatoms. The molecule has 2 heterocycles. The lowest BCUT2D eigenvalue weighted by atomic mass is 9.70. The van der Waals surface area contributed by atoms with Crippen LogP contribution in [0.25, 0.3) is 22.2 Å². The molecule has 0 radical (unpaired) electrons. The van der Waals surface area contributed by atoms with Gasteiger partial charge in [-0.15, -0.1) is 0 Å². The smallest absolute Gasteiger partial charge is 0.150 e. The van der Waals surface area contributed by atoms with E-state index in [4.69, 9.17) is 0 Å². The Morgan fingerprint density at radius 3 is 2.58 bits per heavy atom. The largest absolute Gasteiger partial charge is 0.378 e. The monoisotopic (exact) mass is 452 g/mol. The Bertz CT molecular complexity index is 1250. The summed E-state index contributed by atoms with van der Waals surface area (Å²) in [5.74, 6) is -1.21. The average Bonchev–Trinajstić information content (AvgIpc) is 3.13. The number of aliphatic hydroxyl groups excluding tert-OH is 1. The molecule has 1 atom stereocenters. The topological polar surface area (TPSA) is 73.8 Å². The normalized spacial score (nSPS) is 18.9. The third kappa shape index (κ3) is 4.49. The van der Waals surface area contributed by atoms with Gasteiger partial charge in [0.25, 0.3) is 0 Å². The Morgan fingerprint density at radius 2 is 1.85 bits per heavy atom. The highest BCUT2D eigenvalue weighted by Gasteiger charge is 2.34. The minimum Gasteiger partial charge on any atom is -0.378 e. The summed E-state index contributed by atoms with van der Waals surface area (Å²) in [7, 11) is 0. The lowest BCUT2D eigenvalue weighted by molar-refractivity contribution is 0.117. The van der Waals surface area contributed by atoms with E-state index in [1.807, 2.05) is 0 Å². The summed E-state index contributed by atoms with van der Waals surface area (Å²) in [5, 5.41) is 13.9. The van der Waals surface area contributed by atoms with Gasteiger partial charge in [0.2, 0.25) is 0 Å². The molecule has 170 valence electrons. The highest BCUT2D eigenvalue weighted by atomic mass is 19.1. The second-order valence-corrected chi connectivity index (χ2v) is 8.59. The zero-order valence-corrected chi connectivity index (χ0v) is 17.7. The van der Waals surface area contributed by atoms with Crippen molar-refractivity contribution in [3.63, 3.8) is 0 Å². The predicted molar refractivity (Wildman–Crippen MR) is 119 cm³/mol. The maximum Gasteiger partial charge on any atom is 0.150 e. The third-order valence-electron chi connectivity index (χ3n) is 6.33. The SMILES string of the molecule is OC(Cc1ccncn1)NCC1CC(c2c(-c3ccc(F)cc3)[nH]c3c(F)cc(F)cc23)C1. The number of benzene rings is 2. The molecule has 5 rings (SSSR count). The first-order chi connectivity index (χ1) is 16.0. The number of fused-ring (bicyclic) bond motifs is 1. The van der Waals surface area contributed by atoms with Gasteiger partial charge in [0, 0.05) is 36.3 Å². The van der Waals surface area contributed by atoms with E-state index in [-0.39, 0.29) is 17.3 Å². The van der Waals surface area contributed by atoms with Gasteiger partial charge >= 0.3 is 0 Å². The molecule has 1 fully saturated rings. The van der Waals surface area contributed by atoms with Crippen molar-refractivity contribution >= 4 is 10.9 Å². The molecule has 2 aromatic heterocycles. The van der Waals surface area contributed by atoms with Gasteiger partial charge < -0.3 is 10.1 Å². The second-order valence-electron chi connectivity index (χ2n) is 8.59. The van der Waals surface area contributed by atoms with Gasteiger partial charge in [-0.05, 0) is 72.2 Å². The van der Waals surface area contributed by atoms with Gasteiger partial charge in [-0.2, -0.15) is 0 Å². The van der Waals surface area contributed by atoms with Gasteiger partial charge in [-0.25, -0.2) is 23.1 Å². The maximum absolute atomic E-state index is 14.5. The Balaban J connectivity index is 1.32. The second kappa shape index (κ2) is 8.96. The van der Waals surface area contributed by atoms with Gasteiger partial charge in [0.1, 0.15) is 30.0 Å². The molecule has 2 aromatic carbocycles. The first kappa shape index (κ1) is 21.6. The Morgan fingerprint density at radius 1 is 1.06 bits per heavy atom. The zero-order chi connectivity index (χ0) is 22.9. The number of nitrogens with one attached hydrogen (secondary N) is 2. The number of aromatic amines is 1. The molecular weight excluding hydrogens is 429 g/mol. The Hall–Kier alpha value is -3.23. The van der Waals surface area contributed by atoms with Crippen molar-refractivity contribution < 1.29 is 18.3 Å². The van der Waals surface area contributed by atoms with Gasteiger partial charge in [-0.1, -0.05) is 0 Å². The number of H-pyrrole nitrogens is 1. The van der Waals surface area contributed by atoms with E-state index < -0.39 is 17.9 Å². The van der Waals surface area contributed by atoms with Crippen LogP contribution in [0.1, 0.15) is 30.0 Å². The minimum absolute atomic E-state index is 0.103. The molecule has 33 heavy (non-hydrogen) atoms. The van der Waals surface area contributed by atoms with E-state index in [0.717, 1.165) is 35.7 Å². The van der Waals surface area contributed by atoms with E-state index in [9.17, 15) is 18.3 Å². The van der Waals surface area contributed by atoms with Gasteiger partial charge in [0.15, 0.2) is 0 Å². The molecular formula is C25H23F3N4O. The van der Waals surface area contributed by atoms with Crippen molar-refractivity contribution in [2.24, 2.45) is 5.92 Å². The molecule has 1 aliphatic rings. The fourth-order valence-corrected chi connectivity index (χ4v) is 4.66. The molecule has 0 amide bonds. The lowest BCUT2D eigenvalue weighted by Gasteiger charge is -2.37. The van der Waals surface area contributed by atoms with Crippen LogP contribution in [0.5, 0.6) is 0 Å². The van der Waals surface area contributed by atoms with Crippen LogP contribution in [0.4, 0.5) is 13.2 Å². The molecule has 3 N–H and O–H groups in total. The fourth-order valence-electron chi connectivity index (χ4n) is 4.66. The average molecular weight is 452 g/mol. The summed E-state index contributed by atoms with van der Waals surface area (Å²) in [5.41, 5.74) is 3.28. The third-order valence-corrected chi connectivity index (χ3v) is 6.33. The van der Waals surface area contributed by atoms with Crippen LogP contribution in [0.15, 0.2) is 55.0 Å². The van der Waals surface area contributed by atoms with Gasteiger partial charge in [-0.3, -0.25) is 5.32 Å². The standard InChI is InChI=1S/C25H23F3N4O/c26-17-3-1-15(2-4-17)24-23(20-9-18(27)10-21(28)25(20)32-24)16-7-14(8-16)12-30-22(33)11-19-5-6-29-13-31-19/h1-6,9-10,13-14,16,22,30,32-33H,7-8,11-12H2. The minimum atomic E-state index is -0.718. The number of aromatic nitrogens is 3. The molecule has 1 aliphatic carbocycles. The molecule has 5 nitrogen and oxygen atoms in total. The zero-order valence-electron chi connectivity index (χ0n) is 17.7. The highest BCUT2D eigenvalue weighted by Crippen LogP contribution is 2.48. The quantitative estimate of drug-likeness (QED) is 0.356. The van der Waals surface area contributed by atoms with Crippen molar-refractivity contribution in [3.8, 4) is 11.3 Å². The summed E-state index contributed by atoms with van der Waals surface area (Å²) in [6.45, 7) is 0.625. The first-order valence-electron chi connectivity index (χ1n) is 10.9. The summed E-state index contributed by atoms with van der Waals surface area (Å²) < 4.78 is 42.0. The molecule has 1 saturated carbocycles. The van der Waals surface area contributed by atoms with E-state index in [1.165, 1.54) is 24.5 Å². The maximum atomic E-state index is 14.5. The van der Waals surface area contributed by atoms with Crippen LogP contribution in [0, 0.1) is 23.4 Å². The van der Waals surface area contributed by atoms with E-state index in [0.29, 0.717) is 30.0 Å². The van der Waals surface area contributed by atoms with E-state index in [1.54, 1.807) is 24.4 Å². The first-order valence-corrected chi connectivity index (χ1v) is 10.9. The molecule has 0 bridgehead atoms. The number of aliphatic hydroxyl groups is 1. The Labute approximate surface area is 188 Å². The van der Waals surface area contributed by atoms with Crippen LogP contribution in [-0.4, -0.2) is 32.8 Å². The Kier molecular flexibility index (Phi) is 5.86. The number of nitrogens with zero attached hydrogens (tertiary/aromatic N) is 2. The fraction of sp³-hybridized carbons (Fsp3) is 0.280. The highest BCUT2D eigenvalue weighted by molar-refractivity contribution is 5.92. The van der Waals surface area contributed by atoms with Crippen molar-refractivity contribution in [1.29, 1.82) is 0 Å². The van der Waals surface area contributed by atoms with Crippen molar-refractivity contribution in [2.75, 3.05) is 6.54 Å². The number of halogens is 3. The van der Waals surface area contributed by atoms with Gasteiger partial charge in [0.05, 0.1) is 11.2 Å². The summed E-state index contributed by atoms with van der Waals surface area (Å²) in [4.78, 5) is 11.1. The van der Waals surface area contributed by atoms with Crippen LogP contribution in [0.2, 0.25) is 0 Å². The number of hydrogen-bond donors (Lipinski definition) is 3. The van der Waals surface area contributed by atoms with E-state index in [2.05, 4.69) is 20.3 Å². The van der Waals surface area contributed by atoms with Crippen molar-refractivity contribution in [3.05, 3.63) is 83.7 Å². The number of hydrogen-bond acceptors (Lipinski definition) is 4. The summed E-state index contributed by atoms with van der Waals surface area (Å²) in [6.07, 6.45) is 4.37. The molecule has 0 saturated heterocycles. The molecule has 1 unspecified atom stereocenters. The van der Waals surface area contributed by atoms with Crippen molar-refractivity contribution in [1.82, 2.24) is 20.3 Å². The lowest BCUT2D eigenvalue weighted by Crippen LogP contribution is -2.39. The summed E-state index contributed by atoms with van der Waals surface area (Å²) in [6, 6.07) is 9.97. The van der Waals surface area contributed by atoms with E-state index >= 15 is 0 Å². The molecule has 4 aromatic rings. The van der Waals surface area contributed by atoms with Crippen molar-refractivity contribution in [2.45, 2.75) is 31.4 Å². The summed E-state index contributed by atoms with van der Waals surface area (Å²) >= 11 is 0. The van der Waals surface area contributed by atoms with Crippen LogP contribution in [-0.2, 0) is 6.42 Å².